The Hall–Kier alpha value is -6.42. The molecule has 4 saturated heterocycles. The van der Waals surface area contributed by atoms with Gasteiger partial charge >= 0.3 is 12.2 Å². The van der Waals surface area contributed by atoms with Gasteiger partial charge in [0.1, 0.15) is 25.4 Å². The Bertz CT molecular complexity index is 2750. The number of hydrogen-bond acceptors (Lipinski definition) is 15. The lowest BCUT2D eigenvalue weighted by Gasteiger charge is -2.27. The number of nitrogens with one attached hydrogen (secondary N) is 1. The molecule has 2 aromatic carbocycles. The second-order valence-electron chi connectivity index (χ2n) is 15.0. The van der Waals surface area contributed by atoms with Crippen LogP contribution in [0.1, 0.15) is 26.3 Å². The quantitative estimate of drug-likeness (QED) is 0.0716. The Balaban J connectivity index is 0.000000178. The predicted octanol–water partition coefficient (Wildman–Crippen LogP) is 8.07. The van der Waals surface area contributed by atoms with Crippen LogP contribution in [0.2, 0.25) is 13.0 Å². The van der Waals surface area contributed by atoms with E-state index >= 15 is 0 Å². The number of cyclic esters (lactones) is 2. The number of amides is 7. The van der Waals surface area contributed by atoms with Crippen molar-refractivity contribution < 1.29 is 57.3 Å². The second-order valence-corrected chi connectivity index (χ2v) is 20.1. The smallest absolute Gasteiger partial charge is 0.414 e. The Labute approximate surface area is 433 Å². The van der Waals surface area contributed by atoms with Crippen LogP contribution in [0.15, 0.2) is 84.9 Å². The maximum Gasteiger partial charge on any atom is 0.414 e. The highest BCUT2D eigenvalue weighted by molar-refractivity contribution is 7.20. The van der Waals surface area contributed by atoms with Gasteiger partial charge in [0.2, 0.25) is 17.8 Å². The summed E-state index contributed by atoms with van der Waals surface area (Å²) < 4.78 is 22.5. The summed E-state index contributed by atoms with van der Waals surface area (Å²) in [4.78, 5) is 104. The van der Waals surface area contributed by atoms with Crippen molar-refractivity contribution in [1.82, 2.24) is 10.2 Å². The number of ether oxygens (including phenoxy) is 4. The summed E-state index contributed by atoms with van der Waals surface area (Å²) in [7, 11) is 0. The van der Waals surface area contributed by atoms with E-state index in [1.54, 1.807) is 94.7 Å². The van der Waals surface area contributed by atoms with E-state index in [1.165, 1.54) is 39.4 Å². The van der Waals surface area contributed by atoms with Crippen LogP contribution in [-0.4, -0.2) is 131 Å². The zero-order chi connectivity index (χ0) is 51.0. The van der Waals surface area contributed by atoms with Crippen molar-refractivity contribution in [3.8, 4) is 0 Å². The number of hydrogen-bond donors (Lipinski definition) is 1. The van der Waals surface area contributed by atoms with Gasteiger partial charge in [-0.2, -0.15) is 0 Å². The van der Waals surface area contributed by atoms with E-state index in [4.69, 9.17) is 60.3 Å². The molecular formula is C46H42Cl3N7O12S3. The predicted molar refractivity (Wildman–Crippen MR) is 270 cm³/mol. The molecule has 4 aliphatic heterocycles. The van der Waals surface area contributed by atoms with Crippen molar-refractivity contribution in [3.05, 3.63) is 119 Å². The number of nitrogens with zero attached hydrogens (tertiary/aromatic N) is 6. The third-order valence-electron chi connectivity index (χ3n) is 10.3. The first kappa shape index (κ1) is 53.9. The first-order chi connectivity index (χ1) is 34.2. The van der Waals surface area contributed by atoms with Gasteiger partial charge in [-0.3, -0.25) is 43.5 Å². The lowest BCUT2D eigenvalue weighted by atomic mass is 10.2. The molecule has 9 rings (SSSR count). The fourth-order valence-electron chi connectivity index (χ4n) is 6.89. The van der Waals surface area contributed by atoms with Crippen LogP contribution in [0.4, 0.5) is 37.3 Å². The van der Waals surface area contributed by atoms with E-state index in [0.29, 0.717) is 85.6 Å². The minimum absolute atomic E-state index is 0.0471. The summed E-state index contributed by atoms with van der Waals surface area (Å²) in [5, 5.41) is 3.15. The number of carbonyl (C=O) groups is 8. The highest BCUT2D eigenvalue weighted by Gasteiger charge is 2.36. The van der Waals surface area contributed by atoms with Crippen molar-refractivity contribution >= 4 is 145 Å². The van der Waals surface area contributed by atoms with E-state index in [1.807, 2.05) is 0 Å². The number of Topliss-reactive ketones (excluding diaryl/α,β-unsaturated/α-hetero) is 1. The standard InChI is InChI=1S/C20H18ClN3O6S.C15H17N3O5.C6H5ClOS.C5H2ClNS/c21-17-6-5-16(31-17)19(27)22(12-25)9-15-10-24(20(28)30-15)14-3-1-13(2-4-14)23-7-8-29-11-18(23)26;19-10-16-7-13-8-18(15(21)23-13)12-3-1-11(2-4-12)17-5-6-22-9-14(17)20;1-4(8)5-2-3-6(7)9-5;1-7-5-3-2-4(6)8-5/h1-6,12,15H,7-11H2;1-4,10,13H,5-9H2,(H,16,19);2-3H,1H3;2-3H/t15-;13-;;/m00../s1. The summed E-state index contributed by atoms with van der Waals surface area (Å²) >= 11 is 20.6. The number of thiophene rings is 3. The van der Waals surface area contributed by atoms with Crippen LogP contribution in [0.25, 0.3) is 4.85 Å². The summed E-state index contributed by atoms with van der Waals surface area (Å²) in [6.45, 7) is 10.9. The molecule has 4 fully saturated rings. The summed E-state index contributed by atoms with van der Waals surface area (Å²) in [6, 6.07) is 24.1. The molecule has 0 spiro atoms. The number of imide groups is 1. The van der Waals surface area contributed by atoms with Gasteiger partial charge < -0.3 is 34.1 Å². The van der Waals surface area contributed by atoms with Crippen molar-refractivity contribution in [2.75, 3.05) is 85.3 Å². The molecule has 71 heavy (non-hydrogen) atoms. The minimum Gasteiger partial charge on any atom is -0.442 e. The Kier molecular flexibility index (Phi) is 19.9. The Morgan fingerprint density at radius 2 is 1.13 bits per heavy atom. The first-order valence-corrected chi connectivity index (χ1v) is 24.8. The number of carbonyl (C=O) groups excluding carboxylic acids is 8. The van der Waals surface area contributed by atoms with E-state index in [0.717, 1.165) is 26.8 Å². The number of rotatable bonds is 12. The maximum atomic E-state index is 12.5. The molecule has 5 aromatic rings. The Morgan fingerprint density at radius 3 is 1.51 bits per heavy atom. The lowest BCUT2D eigenvalue weighted by Crippen LogP contribution is -2.41. The van der Waals surface area contributed by atoms with Gasteiger partial charge in [0, 0.05) is 35.8 Å². The molecule has 3 aromatic heterocycles. The second kappa shape index (κ2) is 26.1. The molecule has 7 amide bonds. The van der Waals surface area contributed by atoms with Gasteiger partial charge in [-0.1, -0.05) is 34.8 Å². The molecule has 1 N–H and O–H groups in total. The summed E-state index contributed by atoms with van der Waals surface area (Å²) in [6.07, 6.45) is -1.06. The maximum absolute atomic E-state index is 12.5. The van der Waals surface area contributed by atoms with E-state index in [9.17, 15) is 38.4 Å². The summed E-state index contributed by atoms with van der Waals surface area (Å²) in [5.74, 6) is -0.622. The Morgan fingerprint density at radius 1 is 0.676 bits per heavy atom. The molecule has 0 unspecified atom stereocenters. The van der Waals surface area contributed by atoms with Crippen LogP contribution >= 0.6 is 68.8 Å². The van der Waals surface area contributed by atoms with Crippen LogP contribution in [0.5, 0.6) is 0 Å². The average Bonchev–Trinajstić information content (AvgIpc) is 4.24. The monoisotopic (exact) mass is 1090 g/mol. The highest BCUT2D eigenvalue weighted by atomic mass is 35.5. The molecule has 7 heterocycles. The molecule has 372 valence electrons. The fourth-order valence-corrected chi connectivity index (χ4v) is 9.64. The number of anilines is 4. The third-order valence-corrected chi connectivity index (χ3v) is 13.9. The zero-order valence-corrected chi connectivity index (χ0v) is 42.1. The molecule has 0 bridgehead atoms. The zero-order valence-electron chi connectivity index (χ0n) is 37.4. The number of benzene rings is 2. The molecule has 19 nitrogen and oxygen atoms in total. The molecule has 0 radical (unpaired) electrons. The number of halogens is 3. The first-order valence-electron chi connectivity index (χ1n) is 21.2. The SMILES string of the molecule is CC(=O)c1ccc(Cl)s1.O=CN(C[C@H]1CN(c2ccc(N3CCOCC3=O)cc2)C(=O)O1)C(=O)c1ccc(Cl)s1.O=CNC[C@H]1CN(c2ccc(N3CCOCC3=O)cc2)C(=O)O1.[C-]#[N+]c1ccc(Cl)s1. The van der Waals surface area contributed by atoms with E-state index in [-0.39, 0.29) is 56.5 Å². The average molecular weight is 1090 g/mol. The van der Waals surface area contributed by atoms with Gasteiger partial charge in [0.25, 0.3) is 17.7 Å². The van der Waals surface area contributed by atoms with Gasteiger partial charge in [-0.05, 0) is 91.9 Å². The molecule has 25 heteroatoms. The number of morpholine rings is 2. The van der Waals surface area contributed by atoms with Gasteiger partial charge in [0.15, 0.2) is 5.78 Å². The van der Waals surface area contributed by atoms with Gasteiger partial charge in [-0.25, -0.2) is 14.4 Å². The molecular weight excluding hydrogens is 1050 g/mol. The normalized spacial score (nSPS) is 17.3. The van der Waals surface area contributed by atoms with Crippen molar-refractivity contribution in [1.29, 1.82) is 0 Å². The third kappa shape index (κ3) is 15.0. The molecule has 4 aliphatic rings. The van der Waals surface area contributed by atoms with Crippen molar-refractivity contribution in [2.24, 2.45) is 0 Å². The molecule has 0 saturated carbocycles. The lowest BCUT2D eigenvalue weighted by molar-refractivity contribution is -0.126. The molecule has 0 aliphatic carbocycles. The van der Waals surface area contributed by atoms with Gasteiger partial charge in [-0.15, -0.1) is 34.0 Å². The van der Waals surface area contributed by atoms with Crippen LogP contribution in [-0.2, 0) is 38.1 Å². The van der Waals surface area contributed by atoms with E-state index < -0.39 is 24.2 Å². The van der Waals surface area contributed by atoms with Crippen LogP contribution in [0, 0.1) is 6.57 Å². The van der Waals surface area contributed by atoms with Crippen LogP contribution in [0.3, 0.4) is 0 Å². The summed E-state index contributed by atoms with van der Waals surface area (Å²) in [5.41, 5.74) is 2.77. The van der Waals surface area contributed by atoms with Crippen LogP contribution < -0.4 is 24.9 Å². The topological polar surface area (TPSA) is 206 Å². The van der Waals surface area contributed by atoms with Crippen molar-refractivity contribution in [2.45, 2.75) is 19.1 Å². The number of ketones is 1. The van der Waals surface area contributed by atoms with Crippen molar-refractivity contribution in [3.63, 3.8) is 0 Å². The highest BCUT2D eigenvalue weighted by Crippen LogP contribution is 2.30. The van der Waals surface area contributed by atoms with E-state index in [2.05, 4.69) is 10.2 Å². The fraction of sp³-hybridized carbons (Fsp3) is 0.283. The minimum atomic E-state index is -0.669. The largest absolute Gasteiger partial charge is 0.442 e. The van der Waals surface area contributed by atoms with Gasteiger partial charge in [0.05, 0.1) is 68.7 Å². The molecule has 2 atom stereocenters.